The Bertz CT molecular complexity index is 764. The normalized spacial score (nSPS) is 18.9. The molecule has 2 atom stereocenters. The first kappa shape index (κ1) is 16.1. The van der Waals surface area contributed by atoms with Crippen LogP contribution in [0.2, 0.25) is 0 Å². The summed E-state index contributed by atoms with van der Waals surface area (Å²) in [4.78, 5) is 15.3. The van der Waals surface area contributed by atoms with E-state index in [9.17, 15) is 9.90 Å². The second kappa shape index (κ2) is 6.00. The van der Waals surface area contributed by atoms with Crippen molar-refractivity contribution < 1.29 is 5.11 Å². The number of benzene rings is 1. The highest BCUT2D eigenvalue weighted by Crippen LogP contribution is 2.36. The maximum absolute atomic E-state index is 13.0. The first-order valence-corrected chi connectivity index (χ1v) is 8.47. The number of aliphatic hydroxyl groups excluding tert-OH is 1. The van der Waals surface area contributed by atoms with Crippen molar-refractivity contribution in [3.05, 3.63) is 40.7 Å². The summed E-state index contributed by atoms with van der Waals surface area (Å²) in [5.74, 6) is 1.63. The van der Waals surface area contributed by atoms with Gasteiger partial charge in [-0.25, -0.2) is 0 Å². The summed E-state index contributed by atoms with van der Waals surface area (Å²) in [7, 11) is 0. The summed E-state index contributed by atoms with van der Waals surface area (Å²) in [5, 5.41) is 11.6. The lowest BCUT2D eigenvalue weighted by molar-refractivity contribution is 0.229. The summed E-state index contributed by atoms with van der Waals surface area (Å²) in [5.41, 5.74) is 0.0831. The van der Waals surface area contributed by atoms with Gasteiger partial charge in [0.2, 0.25) is 0 Å². The minimum atomic E-state index is 0.0329. The van der Waals surface area contributed by atoms with Crippen molar-refractivity contribution in [2.45, 2.75) is 39.8 Å². The highest BCUT2D eigenvalue weighted by molar-refractivity contribution is 5.84. The van der Waals surface area contributed by atoms with E-state index in [0.717, 1.165) is 23.1 Å². The van der Waals surface area contributed by atoms with Crippen LogP contribution in [0.15, 0.2) is 35.1 Å². The molecule has 2 heterocycles. The Kier molecular flexibility index (Phi) is 4.19. The Morgan fingerprint density at radius 1 is 1.22 bits per heavy atom. The molecule has 0 unspecified atom stereocenters. The molecule has 0 saturated carbocycles. The molecule has 1 aliphatic heterocycles. The summed E-state index contributed by atoms with van der Waals surface area (Å²) in [6.07, 6.45) is 0. The van der Waals surface area contributed by atoms with E-state index in [1.165, 1.54) is 0 Å². The van der Waals surface area contributed by atoms with Gasteiger partial charge in [0.15, 0.2) is 0 Å². The van der Waals surface area contributed by atoms with Crippen molar-refractivity contribution in [1.29, 1.82) is 0 Å². The van der Waals surface area contributed by atoms with Gasteiger partial charge in [-0.15, -0.1) is 0 Å². The van der Waals surface area contributed by atoms with Crippen LogP contribution in [-0.2, 0) is 0 Å². The van der Waals surface area contributed by atoms with Gasteiger partial charge < -0.3 is 10.0 Å². The molecule has 1 N–H and O–H groups in total. The van der Waals surface area contributed by atoms with Gasteiger partial charge >= 0.3 is 0 Å². The van der Waals surface area contributed by atoms with Crippen molar-refractivity contribution in [1.82, 2.24) is 4.57 Å². The molecule has 124 valence electrons. The second-order valence-electron chi connectivity index (χ2n) is 7.22. The van der Waals surface area contributed by atoms with Gasteiger partial charge in [0.05, 0.1) is 18.7 Å². The molecule has 1 aliphatic rings. The molecule has 0 saturated heterocycles. The fraction of sp³-hybridized carbons (Fsp3) is 0.526. The van der Waals surface area contributed by atoms with E-state index in [-0.39, 0.29) is 24.2 Å². The summed E-state index contributed by atoms with van der Waals surface area (Å²) >= 11 is 0. The van der Waals surface area contributed by atoms with Gasteiger partial charge in [0.25, 0.3) is 5.56 Å². The summed E-state index contributed by atoms with van der Waals surface area (Å²) in [6, 6.07) is 10.0. The molecule has 0 fully saturated rings. The minimum absolute atomic E-state index is 0.0329. The van der Waals surface area contributed by atoms with E-state index in [2.05, 4.69) is 38.7 Å². The number of pyridine rings is 1. The second-order valence-corrected chi connectivity index (χ2v) is 7.22. The largest absolute Gasteiger partial charge is 0.394 e. The predicted molar refractivity (Wildman–Crippen MR) is 95.1 cm³/mol. The number of fused-ring (bicyclic) bond motifs is 2. The Morgan fingerprint density at radius 3 is 2.52 bits per heavy atom. The Balaban J connectivity index is 2.24. The molecule has 4 heteroatoms. The van der Waals surface area contributed by atoms with Gasteiger partial charge in [-0.1, -0.05) is 45.9 Å². The molecular weight excluding hydrogens is 288 g/mol. The third kappa shape index (κ3) is 2.55. The molecule has 0 spiro atoms. The Morgan fingerprint density at radius 2 is 1.91 bits per heavy atom. The zero-order valence-electron chi connectivity index (χ0n) is 14.4. The lowest BCUT2D eigenvalue weighted by atomic mass is 10.0. The molecule has 0 radical (unpaired) electrons. The molecule has 0 bridgehead atoms. The Hall–Kier alpha value is -1.81. The Labute approximate surface area is 137 Å². The van der Waals surface area contributed by atoms with E-state index in [1.807, 2.05) is 28.8 Å². The maximum atomic E-state index is 13.0. The van der Waals surface area contributed by atoms with Crippen LogP contribution in [0.1, 0.15) is 33.7 Å². The average molecular weight is 314 g/mol. The van der Waals surface area contributed by atoms with Crippen LogP contribution in [-0.4, -0.2) is 28.9 Å². The predicted octanol–water partition coefficient (Wildman–Crippen LogP) is 3.04. The first-order valence-electron chi connectivity index (χ1n) is 8.47. The van der Waals surface area contributed by atoms with Crippen LogP contribution in [0.5, 0.6) is 0 Å². The number of hydrogen-bond donors (Lipinski definition) is 1. The van der Waals surface area contributed by atoms with Crippen LogP contribution >= 0.6 is 0 Å². The molecular formula is C19H26N2O2. The highest BCUT2D eigenvalue weighted by Gasteiger charge is 2.36. The van der Waals surface area contributed by atoms with Crippen molar-refractivity contribution in [3.8, 4) is 0 Å². The summed E-state index contributed by atoms with van der Waals surface area (Å²) in [6.45, 7) is 9.43. The molecule has 1 aromatic carbocycles. The zero-order valence-corrected chi connectivity index (χ0v) is 14.4. The van der Waals surface area contributed by atoms with Crippen LogP contribution in [0.4, 0.5) is 5.82 Å². The standard InChI is InChI=1S/C19H26N2O2/c1-12(2)16-10-20(17(11-22)13(3)4)18-9-14-7-5-6-8-15(14)19(23)21(16)18/h5-9,12-13,16-17,22H,10-11H2,1-4H3/t16-,17-/m1/s1. The number of rotatable bonds is 4. The number of anilines is 1. The first-order chi connectivity index (χ1) is 11.0. The van der Waals surface area contributed by atoms with Gasteiger partial charge in [-0.05, 0) is 29.4 Å². The minimum Gasteiger partial charge on any atom is -0.394 e. The van der Waals surface area contributed by atoms with Gasteiger partial charge in [-0.2, -0.15) is 0 Å². The van der Waals surface area contributed by atoms with Crippen LogP contribution in [0.3, 0.4) is 0 Å². The molecule has 0 amide bonds. The molecule has 4 nitrogen and oxygen atoms in total. The van der Waals surface area contributed by atoms with Crippen LogP contribution in [0.25, 0.3) is 10.8 Å². The topological polar surface area (TPSA) is 45.5 Å². The maximum Gasteiger partial charge on any atom is 0.260 e. The molecule has 0 aliphatic carbocycles. The van der Waals surface area contributed by atoms with E-state index in [0.29, 0.717) is 11.8 Å². The molecule has 3 rings (SSSR count). The summed E-state index contributed by atoms with van der Waals surface area (Å²) < 4.78 is 1.94. The highest BCUT2D eigenvalue weighted by atomic mass is 16.3. The fourth-order valence-electron chi connectivity index (χ4n) is 3.66. The molecule has 2 aromatic rings. The zero-order chi connectivity index (χ0) is 16.7. The van der Waals surface area contributed by atoms with Crippen molar-refractivity contribution in [2.75, 3.05) is 18.1 Å². The average Bonchev–Trinajstić information content (AvgIpc) is 2.88. The van der Waals surface area contributed by atoms with E-state index in [4.69, 9.17) is 0 Å². The fourth-order valence-corrected chi connectivity index (χ4v) is 3.66. The van der Waals surface area contributed by atoms with Gasteiger partial charge in [0.1, 0.15) is 5.82 Å². The number of hydrogen-bond acceptors (Lipinski definition) is 3. The van der Waals surface area contributed by atoms with E-state index >= 15 is 0 Å². The van der Waals surface area contributed by atoms with Gasteiger partial charge in [-0.3, -0.25) is 9.36 Å². The van der Waals surface area contributed by atoms with E-state index < -0.39 is 0 Å². The number of aromatic nitrogens is 1. The monoisotopic (exact) mass is 314 g/mol. The van der Waals surface area contributed by atoms with Crippen molar-refractivity contribution >= 4 is 16.6 Å². The van der Waals surface area contributed by atoms with Gasteiger partial charge in [0, 0.05) is 11.9 Å². The van der Waals surface area contributed by atoms with Crippen LogP contribution in [0, 0.1) is 11.8 Å². The third-order valence-corrected chi connectivity index (χ3v) is 5.08. The smallest absolute Gasteiger partial charge is 0.260 e. The number of nitrogens with zero attached hydrogens (tertiary/aromatic N) is 2. The molecule has 23 heavy (non-hydrogen) atoms. The van der Waals surface area contributed by atoms with E-state index in [1.54, 1.807) is 0 Å². The van der Waals surface area contributed by atoms with Crippen molar-refractivity contribution in [3.63, 3.8) is 0 Å². The lowest BCUT2D eigenvalue weighted by Gasteiger charge is -2.31. The third-order valence-electron chi connectivity index (χ3n) is 5.08. The SMILES string of the molecule is CC(C)[C@@H](CO)N1C[C@H](C(C)C)n2c1cc1ccccc1c2=O. The van der Waals surface area contributed by atoms with Crippen LogP contribution < -0.4 is 10.5 Å². The molecule has 1 aromatic heterocycles. The van der Waals surface area contributed by atoms with Crippen molar-refractivity contribution in [2.24, 2.45) is 11.8 Å². The lowest BCUT2D eigenvalue weighted by Crippen LogP contribution is -2.41. The quantitative estimate of drug-likeness (QED) is 0.943. The number of aliphatic hydroxyl groups is 1.